The Labute approximate surface area is 108 Å². The molecule has 1 aromatic rings. The zero-order chi connectivity index (χ0) is 12.0. The summed E-state index contributed by atoms with van der Waals surface area (Å²) in [6.07, 6.45) is 7.39. The molecule has 1 aromatic heterocycles. The lowest BCUT2D eigenvalue weighted by Gasteiger charge is -2.30. The van der Waals surface area contributed by atoms with Crippen LogP contribution in [0.1, 0.15) is 37.4 Å². The normalized spacial score (nSPS) is 33.2. The third kappa shape index (κ3) is 1.80. The fraction of sp³-hybridized carbons (Fsp3) is 0.769. The van der Waals surface area contributed by atoms with Gasteiger partial charge in [0.15, 0.2) is 0 Å². The quantitative estimate of drug-likeness (QED) is 0.898. The highest BCUT2D eigenvalue weighted by Gasteiger charge is 2.44. The van der Waals surface area contributed by atoms with Crippen LogP contribution in [0.4, 0.5) is 0 Å². The molecule has 3 rings (SSSR count). The molecule has 0 saturated heterocycles. The largest absolute Gasteiger partial charge is 0.311 e. The van der Waals surface area contributed by atoms with Gasteiger partial charge in [-0.1, -0.05) is 18.0 Å². The highest BCUT2D eigenvalue weighted by Crippen LogP contribution is 2.52. The molecule has 3 nitrogen and oxygen atoms in total. The van der Waals surface area contributed by atoms with Crippen molar-refractivity contribution >= 4 is 11.6 Å². The highest BCUT2D eigenvalue weighted by molar-refractivity contribution is 6.31. The first kappa shape index (κ1) is 11.5. The van der Waals surface area contributed by atoms with Crippen LogP contribution in [-0.2, 0) is 7.05 Å². The molecule has 2 saturated carbocycles. The van der Waals surface area contributed by atoms with Crippen molar-refractivity contribution < 1.29 is 0 Å². The van der Waals surface area contributed by atoms with Gasteiger partial charge in [0.05, 0.1) is 23.0 Å². The van der Waals surface area contributed by atoms with E-state index in [4.69, 9.17) is 11.6 Å². The second-order valence-corrected chi connectivity index (χ2v) is 6.01. The van der Waals surface area contributed by atoms with Crippen LogP contribution in [0.2, 0.25) is 5.02 Å². The van der Waals surface area contributed by atoms with E-state index in [2.05, 4.69) is 10.4 Å². The number of aromatic nitrogens is 2. The SMILES string of the molecule is CNC(c1c(Cl)cnn1C)C1CC2CCC1C2. The minimum atomic E-state index is 0.366. The third-order valence-corrected chi connectivity index (χ3v) is 5.06. The molecule has 0 aliphatic heterocycles. The smallest absolute Gasteiger partial charge is 0.0834 e. The molecule has 0 spiro atoms. The third-order valence-electron chi connectivity index (χ3n) is 4.76. The highest BCUT2D eigenvalue weighted by atomic mass is 35.5. The lowest BCUT2D eigenvalue weighted by Crippen LogP contribution is -2.30. The van der Waals surface area contributed by atoms with Crippen molar-refractivity contribution in [3.63, 3.8) is 0 Å². The predicted molar refractivity (Wildman–Crippen MR) is 69.0 cm³/mol. The van der Waals surface area contributed by atoms with Gasteiger partial charge in [0.2, 0.25) is 0 Å². The number of halogens is 1. The van der Waals surface area contributed by atoms with Gasteiger partial charge in [0, 0.05) is 7.05 Å². The molecule has 2 fully saturated rings. The van der Waals surface area contributed by atoms with Gasteiger partial charge < -0.3 is 5.32 Å². The Hall–Kier alpha value is -0.540. The maximum atomic E-state index is 6.28. The van der Waals surface area contributed by atoms with Crippen molar-refractivity contribution in [1.82, 2.24) is 15.1 Å². The van der Waals surface area contributed by atoms with E-state index in [9.17, 15) is 0 Å². The van der Waals surface area contributed by atoms with Crippen molar-refractivity contribution in [1.29, 1.82) is 0 Å². The first-order chi connectivity index (χ1) is 8.20. The van der Waals surface area contributed by atoms with Crippen LogP contribution in [0.3, 0.4) is 0 Å². The van der Waals surface area contributed by atoms with Gasteiger partial charge in [-0.3, -0.25) is 4.68 Å². The minimum absolute atomic E-state index is 0.366. The second kappa shape index (κ2) is 4.29. The fourth-order valence-corrected chi connectivity index (χ4v) is 4.31. The molecule has 4 unspecified atom stereocenters. The number of hydrogen-bond acceptors (Lipinski definition) is 2. The average molecular weight is 254 g/mol. The first-order valence-electron chi connectivity index (χ1n) is 6.55. The van der Waals surface area contributed by atoms with Crippen LogP contribution < -0.4 is 5.32 Å². The van der Waals surface area contributed by atoms with Crippen LogP contribution in [0.5, 0.6) is 0 Å². The molecule has 1 heterocycles. The Balaban J connectivity index is 1.89. The number of hydrogen-bond donors (Lipinski definition) is 1. The van der Waals surface area contributed by atoms with Crippen LogP contribution >= 0.6 is 11.6 Å². The van der Waals surface area contributed by atoms with Crippen molar-refractivity contribution in [2.45, 2.75) is 31.7 Å². The van der Waals surface area contributed by atoms with Crippen molar-refractivity contribution in [2.24, 2.45) is 24.8 Å². The summed E-state index contributed by atoms with van der Waals surface area (Å²) in [7, 11) is 4.03. The van der Waals surface area contributed by atoms with Crippen LogP contribution in [0.15, 0.2) is 6.20 Å². The molecule has 17 heavy (non-hydrogen) atoms. The van der Waals surface area contributed by atoms with Gasteiger partial charge in [-0.05, 0) is 44.1 Å². The number of aryl methyl sites for hydroxylation is 1. The standard InChI is InChI=1S/C13H20ClN3/c1-15-12(13-11(14)7-16-17(13)2)10-6-8-3-4-9(10)5-8/h7-10,12,15H,3-6H2,1-2H3. The monoisotopic (exact) mass is 253 g/mol. The Kier molecular flexibility index (Phi) is 2.91. The van der Waals surface area contributed by atoms with E-state index in [-0.39, 0.29) is 0 Å². The fourth-order valence-electron chi connectivity index (χ4n) is 4.03. The summed E-state index contributed by atoms with van der Waals surface area (Å²) >= 11 is 6.28. The molecule has 0 radical (unpaired) electrons. The molecule has 4 atom stereocenters. The molecule has 1 N–H and O–H groups in total. The summed E-state index contributed by atoms with van der Waals surface area (Å²) in [5.41, 5.74) is 1.16. The maximum absolute atomic E-state index is 6.28. The minimum Gasteiger partial charge on any atom is -0.311 e. The van der Waals surface area contributed by atoms with Crippen molar-refractivity contribution in [2.75, 3.05) is 7.05 Å². The molecule has 94 valence electrons. The summed E-state index contributed by atoms with van der Waals surface area (Å²) in [6, 6.07) is 0.366. The molecule has 0 amide bonds. The summed E-state index contributed by atoms with van der Waals surface area (Å²) < 4.78 is 1.93. The number of fused-ring (bicyclic) bond motifs is 2. The summed E-state index contributed by atoms with van der Waals surface area (Å²) in [4.78, 5) is 0. The van der Waals surface area contributed by atoms with Crippen molar-refractivity contribution in [3.05, 3.63) is 16.9 Å². The van der Waals surface area contributed by atoms with E-state index in [0.29, 0.717) is 6.04 Å². The zero-order valence-electron chi connectivity index (χ0n) is 10.5. The maximum Gasteiger partial charge on any atom is 0.0834 e. The van der Waals surface area contributed by atoms with Gasteiger partial charge in [0.1, 0.15) is 0 Å². The Morgan fingerprint density at radius 3 is 2.76 bits per heavy atom. The molecule has 2 aliphatic rings. The molecule has 2 bridgehead atoms. The van der Waals surface area contributed by atoms with E-state index in [0.717, 1.165) is 28.5 Å². The van der Waals surface area contributed by atoms with E-state index in [1.807, 2.05) is 18.8 Å². The topological polar surface area (TPSA) is 29.9 Å². The number of nitrogens with one attached hydrogen (secondary N) is 1. The molecular weight excluding hydrogens is 234 g/mol. The van der Waals surface area contributed by atoms with E-state index in [1.165, 1.54) is 25.7 Å². The Morgan fingerprint density at radius 1 is 1.47 bits per heavy atom. The molecule has 4 heteroatoms. The molecule has 2 aliphatic carbocycles. The summed E-state index contributed by atoms with van der Waals surface area (Å²) in [6.45, 7) is 0. The van der Waals surface area contributed by atoms with Gasteiger partial charge in [0.25, 0.3) is 0 Å². The Bertz CT molecular complexity index is 395. The van der Waals surface area contributed by atoms with Crippen LogP contribution in [0, 0.1) is 17.8 Å². The van der Waals surface area contributed by atoms with Gasteiger partial charge in [-0.2, -0.15) is 5.10 Å². The lowest BCUT2D eigenvalue weighted by molar-refractivity contribution is 0.252. The van der Waals surface area contributed by atoms with E-state index < -0.39 is 0 Å². The average Bonchev–Trinajstić information content (AvgIpc) is 3.00. The lowest BCUT2D eigenvalue weighted by atomic mass is 9.82. The van der Waals surface area contributed by atoms with Crippen molar-refractivity contribution in [3.8, 4) is 0 Å². The van der Waals surface area contributed by atoms with E-state index >= 15 is 0 Å². The second-order valence-electron chi connectivity index (χ2n) is 5.61. The predicted octanol–water partition coefficient (Wildman–Crippen LogP) is 2.77. The van der Waals surface area contributed by atoms with Gasteiger partial charge in [-0.25, -0.2) is 0 Å². The van der Waals surface area contributed by atoms with E-state index in [1.54, 1.807) is 6.20 Å². The summed E-state index contributed by atoms with van der Waals surface area (Å²) in [5.74, 6) is 2.60. The van der Waals surface area contributed by atoms with Crippen LogP contribution in [-0.4, -0.2) is 16.8 Å². The summed E-state index contributed by atoms with van der Waals surface area (Å²) in [5, 5.41) is 8.53. The number of rotatable bonds is 3. The van der Waals surface area contributed by atoms with Gasteiger partial charge in [-0.15, -0.1) is 0 Å². The van der Waals surface area contributed by atoms with Gasteiger partial charge >= 0.3 is 0 Å². The molecule has 0 aromatic carbocycles. The molecular formula is C13H20ClN3. The zero-order valence-corrected chi connectivity index (χ0v) is 11.2. The first-order valence-corrected chi connectivity index (χ1v) is 6.93. The Morgan fingerprint density at radius 2 is 2.29 bits per heavy atom. The number of nitrogens with zero attached hydrogens (tertiary/aromatic N) is 2. The van der Waals surface area contributed by atoms with Crippen LogP contribution in [0.25, 0.3) is 0 Å².